The summed E-state index contributed by atoms with van der Waals surface area (Å²) < 4.78 is 2.21. The van der Waals surface area contributed by atoms with Crippen LogP contribution in [-0.4, -0.2) is 32.8 Å². The van der Waals surface area contributed by atoms with Gasteiger partial charge in [0.1, 0.15) is 5.82 Å². The standard InChI is InChI=1S/C25H30N4O2/c1-16(2)23(24-26-20-11-7-8-12-21(20)29(24)17(3)4)27-22(30)13-14-28-15-18-9-5-6-10-19(18)25(28)31/h5-12,16-17,23H,13-15H2,1-4H3,(H,27,30). The summed E-state index contributed by atoms with van der Waals surface area (Å²) in [5.41, 5.74) is 3.78. The second-order valence-corrected chi connectivity index (χ2v) is 8.85. The Morgan fingerprint density at radius 1 is 1.06 bits per heavy atom. The lowest BCUT2D eigenvalue weighted by Crippen LogP contribution is -2.36. The van der Waals surface area contributed by atoms with Crippen molar-refractivity contribution in [1.29, 1.82) is 0 Å². The summed E-state index contributed by atoms with van der Waals surface area (Å²) in [7, 11) is 0. The molecule has 6 nitrogen and oxygen atoms in total. The summed E-state index contributed by atoms with van der Waals surface area (Å²) in [4.78, 5) is 32.1. The molecule has 0 bridgehead atoms. The predicted octanol–water partition coefficient (Wildman–Crippen LogP) is 4.48. The van der Waals surface area contributed by atoms with Crippen LogP contribution in [0, 0.1) is 5.92 Å². The molecule has 1 aliphatic rings. The van der Waals surface area contributed by atoms with Gasteiger partial charge in [-0.15, -0.1) is 0 Å². The van der Waals surface area contributed by atoms with Crippen LogP contribution in [0.5, 0.6) is 0 Å². The third-order valence-corrected chi connectivity index (χ3v) is 5.91. The van der Waals surface area contributed by atoms with Gasteiger partial charge in [0.25, 0.3) is 5.91 Å². The van der Waals surface area contributed by atoms with Gasteiger partial charge in [-0.1, -0.05) is 44.2 Å². The van der Waals surface area contributed by atoms with Crippen LogP contribution in [0.15, 0.2) is 48.5 Å². The lowest BCUT2D eigenvalue weighted by atomic mass is 10.0. The number of nitrogens with zero attached hydrogens (tertiary/aromatic N) is 3. The van der Waals surface area contributed by atoms with Crippen molar-refractivity contribution in [3.63, 3.8) is 0 Å². The number of amides is 2. The van der Waals surface area contributed by atoms with E-state index < -0.39 is 0 Å². The first-order chi connectivity index (χ1) is 14.9. The third kappa shape index (κ3) is 4.07. The molecule has 0 saturated carbocycles. The highest BCUT2D eigenvalue weighted by Crippen LogP contribution is 2.29. The third-order valence-electron chi connectivity index (χ3n) is 5.91. The Balaban J connectivity index is 1.48. The van der Waals surface area contributed by atoms with Crippen LogP contribution >= 0.6 is 0 Å². The van der Waals surface area contributed by atoms with Crippen LogP contribution < -0.4 is 5.32 Å². The van der Waals surface area contributed by atoms with Crippen molar-refractivity contribution in [2.45, 2.75) is 52.7 Å². The number of imidazole rings is 1. The van der Waals surface area contributed by atoms with Crippen LogP contribution in [0.4, 0.5) is 0 Å². The molecular formula is C25H30N4O2. The van der Waals surface area contributed by atoms with E-state index in [4.69, 9.17) is 4.98 Å². The summed E-state index contributed by atoms with van der Waals surface area (Å²) >= 11 is 0. The minimum atomic E-state index is -0.200. The van der Waals surface area contributed by atoms with Gasteiger partial charge in [0, 0.05) is 31.1 Å². The molecule has 2 aromatic carbocycles. The van der Waals surface area contributed by atoms with E-state index in [-0.39, 0.29) is 36.2 Å². The van der Waals surface area contributed by atoms with Crippen LogP contribution in [0.25, 0.3) is 11.0 Å². The lowest BCUT2D eigenvalue weighted by molar-refractivity contribution is -0.122. The van der Waals surface area contributed by atoms with E-state index in [0.29, 0.717) is 13.1 Å². The zero-order chi connectivity index (χ0) is 22.1. The molecule has 0 saturated heterocycles. The molecule has 6 heteroatoms. The second-order valence-electron chi connectivity index (χ2n) is 8.85. The molecule has 1 unspecified atom stereocenters. The fourth-order valence-corrected chi connectivity index (χ4v) is 4.33. The minimum Gasteiger partial charge on any atom is -0.346 e. The first-order valence-electron chi connectivity index (χ1n) is 11.0. The number of carbonyl (C=O) groups is 2. The number of benzene rings is 2. The Hall–Kier alpha value is -3.15. The number of aromatic nitrogens is 2. The summed E-state index contributed by atoms with van der Waals surface area (Å²) in [6.07, 6.45) is 0.269. The normalized spacial score (nSPS) is 14.5. The van der Waals surface area contributed by atoms with Gasteiger partial charge in [-0.05, 0) is 43.5 Å². The molecular weight excluding hydrogens is 388 g/mol. The van der Waals surface area contributed by atoms with E-state index >= 15 is 0 Å². The maximum atomic E-state index is 12.9. The average Bonchev–Trinajstić information content (AvgIpc) is 3.28. The van der Waals surface area contributed by atoms with E-state index in [0.717, 1.165) is 28.0 Å². The van der Waals surface area contributed by atoms with Crippen molar-refractivity contribution in [2.24, 2.45) is 5.92 Å². The number of hydrogen-bond donors (Lipinski definition) is 1. The van der Waals surface area contributed by atoms with E-state index in [9.17, 15) is 9.59 Å². The molecule has 0 aliphatic carbocycles. The lowest BCUT2D eigenvalue weighted by Gasteiger charge is -2.25. The van der Waals surface area contributed by atoms with E-state index in [1.165, 1.54) is 0 Å². The van der Waals surface area contributed by atoms with Crippen LogP contribution in [0.2, 0.25) is 0 Å². The maximum Gasteiger partial charge on any atom is 0.254 e. The molecule has 1 aromatic heterocycles. The molecule has 1 atom stereocenters. The van der Waals surface area contributed by atoms with Gasteiger partial charge in [-0.25, -0.2) is 4.98 Å². The number of nitrogens with one attached hydrogen (secondary N) is 1. The molecule has 2 heterocycles. The molecule has 2 amide bonds. The molecule has 4 rings (SSSR count). The van der Waals surface area contributed by atoms with Gasteiger partial charge in [0.05, 0.1) is 17.1 Å². The van der Waals surface area contributed by atoms with Crippen molar-refractivity contribution in [3.05, 3.63) is 65.5 Å². The summed E-state index contributed by atoms with van der Waals surface area (Å²) in [5, 5.41) is 3.19. The van der Waals surface area contributed by atoms with Crippen molar-refractivity contribution < 1.29 is 9.59 Å². The highest BCUT2D eigenvalue weighted by atomic mass is 16.2. The highest BCUT2D eigenvalue weighted by Gasteiger charge is 2.29. The number of fused-ring (bicyclic) bond motifs is 2. The maximum absolute atomic E-state index is 12.9. The van der Waals surface area contributed by atoms with Crippen LogP contribution in [-0.2, 0) is 11.3 Å². The van der Waals surface area contributed by atoms with Crippen molar-refractivity contribution in [3.8, 4) is 0 Å². The van der Waals surface area contributed by atoms with Crippen molar-refractivity contribution >= 4 is 22.8 Å². The van der Waals surface area contributed by atoms with Gasteiger partial charge in [0.2, 0.25) is 5.91 Å². The number of para-hydroxylation sites is 2. The largest absolute Gasteiger partial charge is 0.346 e. The molecule has 1 N–H and O–H groups in total. The summed E-state index contributed by atoms with van der Waals surface area (Å²) in [5.74, 6) is 0.996. The Morgan fingerprint density at radius 2 is 1.77 bits per heavy atom. The van der Waals surface area contributed by atoms with E-state index in [1.54, 1.807) is 4.90 Å². The fourth-order valence-electron chi connectivity index (χ4n) is 4.33. The van der Waals surface area contributed by atoms with Gasteiger partial charge in [-0.2, -0.15) is 0 Å². The molecule has 31 heavy (non-hydrogen) atoms. The Labute approximate surface area is 183 Å². The second kappa shape index (κ2) is 8.53. The minimum absolute atomic E-state index is 0.00501. The SMILES string of the molecule is CC(C)C(NC(=O)CCN1Cc2ccccc2C1=O)c1nc2ccccc2n1C(C)C. The van der Waals surface area contributed by atoms with Crippen LogP contribution in [0.3, 0.4) is 0 Å². The molecule has 1 aliphatic heterocycles. The van der Waals surface area contributed by atoms with Crippen LogP contribution in [0.1, 0.15) is 67.9 Å². The molecule has 0 spiro atoms. The first kappa shape index (κ1) is 21.1. The number of rotatable bonds is 7. The Bertz CT molecular complexity index is 1120. The fraction of sp³-hybridized carbons (Fsp3) is 0.400. The van der Waals surface area contributed by atoms with Crippen molar-refractivity contribution in [1.82, 2.24) is 19.8 Å². The summed E-state index contributed by atoms with van der Waals surface area (Å²) in [6.45, 7) is 9.43. The molecule has 162 valence electrons. The van der Waals surface area contributed by atoms with E-state index in [1.807, 2.05) is 42.5 Å². The Kier molecular flexibility index (Phi) is 5.81. The number of carbonyl (C=O) groups excluding carboxylic acids is 2. The summed E-state index contributed by atoms with van der Waals surface area (Å²) in [6, 6.07) is 15.7. The monoisotopic (exact) mass is 418 g/mol. The van der Waals surface area contributed by atoms with Gasteiger partial charge >= 0.3 is 0 Å². The average molecular weight is 419 g/mol. The van der Waals surface area contributed by atoms with Gasteiger partial charge < -0.3 is 14.8 Å². The first-order valence-corrected chi connectivity index (χ1v) is 11.0. The smallest absolute Gasteiger partial charge is 0.254 e. The molecule has 3 aromatic rings. The number of hydrogen-bond acceptors (Lipinski definition) is 3. The zero-order valence-corrected chi connectivity index (χ0v) is 18.6. The molecule has 0 fully saturated rings. The van der Waals surface area contributed by atoms with Crippen molar-refractivity contribution in [2.75, 3.05) is 6.54 Å². The molecule has 0 radical (unpaired) electrons. The van der Waals surface area contributed by atoms with Gasteiger partial charge in [-0.3, -0.25) is 9.59 Å². The quantitative estimate of drug-likeness (QED) is 0.615. The zero-order valence-electron chi connectivity index (χ0n) is 18.6. The predicted molar refractivity (Wildman–Crippen MR) is 122 cm³/mol. The van der Waals surface area contributed by atoms with Gasteiger partial charge in [0.15, 0.2) is 0 Å². The Morgan fingerprint density at radius 3 is 2.48 bits per heavy atom. The highest BCUT2D eigenvalue weighted by molar-refractivity contribution is 5.98. The van der Waals surface area contributed by atoms with E-state index in [2.05, 4.69) is 43.6 Å². The topological polar surface area (TPSA) is 67.2 Å².